The van der Waals surface area contributed by atoms with Crippen molar-refractivity contribution in [2.75, 3.05) is 19.6 Å². The van der Waals surface area contributed by atoms with Crippen LogP contribution < -0.4 is 5.11 Å². The molecule has 0 bridgehead atoms. The number of carboxylic acid groups (broad SMARTS) is 1. The molecule has 30 heavy (non-hydrogen) atoms. The summed E-state index contributed by atoms with van der Waals surface area (Å²) in [5.41, 5.74) is 0.333. The average molecular weight is 412 g/mol. The Hall–Kier alpha value is -2.90. The van der Waals surface area contributed by atoms with E-state index in [-0.39, 0.29) is 43.8 Å². The lowest BCUT2D eigenvalue weighted by Crippen LogP contribution is -2.55. The Morgan fingerprint density at radius 3 is 2.40 bits per heavy atom. The third-order valence-corrected chi connectivity index (χ3v) is 6.65. The molecule has 1 saturated carbocycles. The number of carbonyl (C=O) groups excluding carboxylic acids is 4. The zero-order valence-corrected chi connectivity index (χ0v) is 16.9. The summed E-state index contributed by atoms with van der Waals surface area (Å²) in [4.78, 5) is 54.2. The van der Waals surface area contributed by atoms with Crippen LogP contribution in [0.15, 0.2) is 30.3 Å². The van der Waals surface area contributed by atoms with E-state index in [1.54, 1.807) is 9.80 Å². The zero-order chi connectivity index (χ0) is 21.3. The van der Waals surface area contributed by atoms with Gasteiger partial charge in [-0.15, -0.1) is 0 Å². The monoisotopic (exact) mass is 412 g/mol. The molecule has 0 aromatic heterocycles. The molecular weight excluding hydrogens is 386 g/mol. The van der Waals surface area contributed by atoms with Gasteiger partial charge in [0.2, 0.25) is 5.91 Å². The molecule has 0 radical (unpaired) electrons. The number of fused-ring (bicyclic) bond motifs is 1. The molecule has 160 valence electrons. The van der Waals surface area contributed by atoms with Crippen LogP contribution in [0.2, 0.25) is 0 Å². The Kier molecular flexibility index (Phi) is 5.49. The minimum atomic E-state index is -1.12. The van der Waals surface area contributed by atoms with Crippen LogP contribution in [0.5, 0.6) is 0 Å². The second-order valence-corrected chi connectivity index (χ2v) is 8.67. The highest BCUT2D eigenvalue weighted by Crippen LogP contribution is 2.44. The Labute approximate surface area is 175 Å². The van der Waals surface area contributed by atoms with Crippen LogP contribution in [0.4, 0.5) is 4.79 Å². The van der Waals surface area contributed by atoms with Crippen molar-refractivity contribution in [3.8, 4) is 0 Å². The van der Waals surface area contributed by atoms with Crippen molar-refractivity contribution in [3.63, 3.8) is 0 Å². The Balaban J connectivity index is 1.42. The quantitative estimate of drug-likeness (QED) is 0.642. The first-order valence-electron chi connectivity index (χ1n) is 10.5. The van der Waals surface area contributed by atoms with E-state index in [1.807, 2.05) is 30.3 Å². The number of carbonyl (C=O) groups is 4. The number of rotatable bonds is 6. The predicted octanol–water partition coefficient (Wildman–Crippen LogP) is 0.752. The molecule has 8 heteroatoms. The molecule has 1 aromatic carbocycles. The number of benzene rings is 1. The van der Waals surface area contributed by atoms with Crippen LogP contribution in [0.25, 0.3) is 0 Å². The third-order valence-electron chi connectivity index (χ3n) is 6.65. The fourth-order valence-corrected chi connectivity index (χ4v) is 5.07. The van der Waals surface area contributed by atoms with E-state index in [4.69, 9.17) is 0 Å². The highest BCUT2D eigenvalue weighted by atomic mass is 16.4. The fourth-order valence-electron chi connectivity index (χ4n) is 5.07. The maximum absolute atomic E-state index is 13.0. The molecule has 1 atom stereocenters. The Morgan fingerprint density at radius 2 is 1.73 bits per heavy atom. The Bertz CT molecular complexity index is 850. The van der Waals surface area contributed by atoms with Crippen molar-refractivity contribution >= 4 is 23.8 Å². The lowest BCUT2D eigenvalue weighted by molar-refractivity contribution is -0.308. The fraction of sp³-hybridized carbons (Fsp3) is 0.545. The minimum Gasteiger partial charge on any atom is -0.550 e. The summed E-state index contributed by atoms with van der Waals surface area (Å²) in [6.07, 6.45) is 3.29. The molecule has 1 aliphatic carbocycles. The van der Waals surface area contributed by atoms with Gasteiger partial charge in [-0.05, 0) is 30.2 Å². The van der Waals surface area contributed by atoms with Crippen LogP contribution in [0.1, 0.15) is 44.1 Å². The van der Waals surface area contributed by atoms with Crippen molar-refractivity contribution in [3.05, 3.63) is 35.9 Å². The summed E-state index contributed by atoms with van der Waals surface area (Å²) in [5.74, 6) is -1.55. The van der Waals surface area contributed by atoms with Crippen LogP contribution >= 0.6 is 0 Å². The van der Waals surface area contributed by atoms with E-state index in [0.717, 1.165) is 18.4 Å². The number of hydrogen-bond acceptors (Lipinski definition) is 5. The third kappa shape index (κ3) is 3.91. The summed E-state index contributed by atoms with van der Waals surface area (Å²) < 4.78 is 0. The molecule has 1 aromatic rings. The van der Waals surface area contributed by atoms with Gasteiger partial charge in [0, 0.05) is 25.5 Å². The van der Waals surface area contributed by atoms with Crippen LogP contribution in [-0.4, -0.2) is 64.2 Å². The van der Waals surface area contributed by atoms with Crippen LogP contribution in [0.3, 0.4) is 0 Å². The van der Waals surface area contributed by atoms with E-state index in [1.165, 1.54) is 4.90 Å². The van der Waals surface area contributed by atoms with Crippen molar-refractivity contribution < 1.29 is 24.3 Å². The molecule has 2 heterocycles. The first-order chi connectivity index (χ1) is 14.4. The molecule has 0 N–H and O–H groups in total. The van der Waals surface area contributed by atoms with Gasteiger partial charge in [-0.25, -0.2) is 4.79 Å². The standard InChI is InChI=1S/C22H27N3O5/c26-18(12-22(13-19(27)28)8-4-5-9-22)23-10-11-24-17(15-23)20(29)25(21(24)30)14-16-6-2-1-3-7-16/h1-3,6-7,17H,4-5,8-15H2,(H,27,28)/p-1/t17-/m1/s1. The topological polar surface area (TPSA) is 101 Å². The number of urea groups is 1. The number of piperazine rings is 1. The van der Waals surface area contributed by atoms with Gasteiger partial charge in [-0.3, -0.25) is 14.5 Å². The van der Waals surface area contributed by atoms with Gasteiger partial charge in [0.25, 0.3) is 5.91 Å². The molecule has 0 unspecified atom stereocenters. The zero-order valence-electron chi connectivity index (χ0n) is 16.9. The smallest absolute Gasteiger partial charge is 0.327 e. The first-order valence-corrected chi connectivity index (χ1v) is 10.5. The van der Waals surface area contributed by atoms with Gasteiger partial charge >= 0.3 is 6.03 Å². The summed E-state index contributed by atoms with van der Waals surface area (Å²) in [7, 11) is 0. The van der Waals surface area contributed by atoms with Gasteiger partial charge in [0.15, 0.2) is 0 Å². The lowest BCUT2D eigenvalue weighted by Gasteiger charge is -2.38. The number of nitrogens with zero attached hydrogens (tertiary/aromatic N) is 3. The van der Waals surface area contributed by atoms with E-state index in [0.29, 0.717) is 25.9 Å². The SMILES string of the molecule is O=C([O-])CC1(CC(=O)N2CCN3C(=O)N(Cc4ccccc4)C(=O)[C@H]3C2)CCCC1. The molecular formula is C22H26N3O5-. The molecule has 0 spiro atoms. The number of aliphatic carboxylic acids is 1. The minimum absolute atomic E-state index is 0.107. The van der Waals surface area contributed by atoms with Gasteiger partial charge in [0.1, 0.15) is 6.04 Å². The van der Waals surface area contributed by atoms with Gasteiger partial charge in [-0.1, -0.05) is 43.2 Å². The highest BCUT2D eigenvalue weighted by Gasteiger charge is 2.48. The van der Waals surface area contributed by atoms with Crippen LogP contribution in [0, 0.1) is 5.41 Å². The molecule has 3 aliphatic rings. The molecule has 2 aliphatic heterocycles. The van der Waals surface area contributed by atoms with Crippen molar-refractivity contribution in [1.29, 1.82) is 0 Å². The van der Waals surface area contributed by atoms with E-state index >= 15 is 0 Å². The molecule has 2 saturated heterocycles. The average Bonchev–Trinajstić information content (AvgIpc) is 3.26. The second-order valence-electron chi connectivity index (χ2n) is 8.67. The van der Waals surface area contributed by atoms with E-state index in [2.05, 4.69) is 0 Å². The number of carboxylic acids is 1. The molecule has 4 amide bonds. The summed E-state index contributed by atoms with van der Waals surface area (Å²) in [6, 6.07) is 8.35. The van der Waals surface area contributed by atoms with Gasteiger partial charge in [0.05, 0.1) is 13.1 Å². The maximum Gasteiger partial charge on any atom is 0.327 e. The van der Waals surface area contributed by atoms with Gasteiger partial charge < -0.3 is 19.7 Å². The van der Waals surface area contributed by atoms with Crippen LogP contribution in [-0.2, 0) is 20.9 Å². The molecule has 8 nitrogen and oxygen atoms in total. The lowest BCUT2D eigenvalue weighted by atomic mass is 9.79. The van der Waals surface area contributed by atoms with Crippen molar-refractivity contribution in [1.82, 2.24) is 14.7 Å². The molecule has 3 fully saturated rings. The first kappa shape index (κ1) is 20.4. The predicted molar refractivity (Wildman–Crippen MR) is 105 cm³/mol. The molecule has 4 rings (SSSR count). The second kappa shape index (κ2) is 8.08. The Morgan fingerprint density at radius 1 is 1.03 bits per heavy atom. The van der Waals surface area contributed by atoms with E-state index < -0.39 is 17.4 Å². The summed E-state index contributed by atoms with van der Waals surface area (Å²) >= 11 is 0. The number of hydrogen-bond donors (Lipinski definition) is 0. The number of amides is 4. The number of imide groups is 1. The van der Waals surface area contributed by atoms with Crippen molar-refractivity contribution in [2.45, 2.75) is 51.1 Å². The van der Waals surface area contributed by atoms with Crippen molar-refractivity contribution in [2.24, 2.45) is 5.41 Å². The summed E-state index contributed by atoms with van der Waals surface area (Å²) in [5, 5.41) is 11.2. The van der Waals surface area contributed by atoms with E-state index in [9.17, 15) is 24.3 Å². The normalized spacial score (nSPS) is 23.1. The largest absolute Gasteiger partial charge is 0.550 e. The highest BCUT2D eigenvalue weighted by molar-refractivity contribution is 6.04. The van der Waals surface area contributed by atoms with Gasteiger partial charge in [-0.2, -0.15) is 0 Å². The maximum atomic E-state index is 13.0. The summed E-state index contributed by atoms with van der Waals surface area (Å²) in [6.45, 7) is 1.04.